The molecule has 0 saturated carbocycles. The number of nitrogens with one attached hydrogen (secondary N) is 1. The second kappa shape index (κ2) is 8.95. The highest BCUT2D eigenvalue weighted by Crippen LogP contribution is 2.36. The van der Waals surface area contributed by atoms with E-state index in [1.165, 1.54) is 6.42 Å². The second-order valence-electron chi connectivity index (χ2n) is 6.78. The molecule has 0 unspecified atom stereocenters. The van der Waals surface area contributed by atoms with Gasteiger partial charge in [-0.15, -0.1) is 0 Å². The van der Waals surface area contributed by atoms with E-state index in [-0.39, 0.29) is 6.61 Å². The van der Waals surface area contributed by atoms with Crippen LogP contribution < -0.4 is 14.8 Å². The molecule has 1 aromatic rings. The van der Waals surface area contributed by atoms with E-state index >= 15 is 0 Å². The number of rotatable bonds is 5. The van der Waals surface area contributed by atoms with Gasteiger partial charge in [-0.3, -0.25) is 14.9 Å². The minimum absolute atomic E-state index is 0.198. The number of aliphatic imine (C=N–C) groups is 1. The Morgan fingerprint density at radius 2 is 1.89 bits per heavy atom. The number of carbonyl (C=O) groups is 2. The molecular weight excluding hydrogens is 362 g/mol. The lowest BCUT2D eigenvalue weighted by molar-refractivity contribution is -0.153. The predicted molar refractivity (Wildman–Crippen MR) is 103 cm³/mol. The van der Waals surface area contributed by atoms with Gasteiger partial charge < -0.3 is 19.1 Å². The number of guanidine groups is 1. The van der Waals surface area contributed by atoms with Crippen molar-refractivity contribution < 1.29 is 23.8 Å². The first-order valence-electron chi connectivity index (χ1n) is 9.61. The van der Waals surface area contributed by atoms with Crippen molar-refractivity contribution in [3.8, 4) is 11.5 Å². The van der Waals surface area contributed by atoms with Crippen molar-refractivity contribution in [2.45, 2.75) is 32.2 Å². The zero-order chi connectivity index (χ0) is 20.1. The predicted octanol–water partition coefficient (Wildman–Crippen LogP) is 1.90. The fourth-order valence-electron chi connectivity index (χ4n) is 3.61. The van der Waals surface area contributed by atoms with Crippen molar-refractivity contribution >= 4 is 17.8 Å². The Labute approximate surface area is 164 Å². The number of benzene rings is 1. The molecule has 1 N–H and O–H groups in total. The Morgan fingerprint density at radius 3 is 2.54 bits per heavy atom. The molecule has 1 fully saturated rings. The maximum atomic E-state index is 12.8. The van der Waals surface area contributed by atoms with Crippen molar-refractivity contribution in [2.75, 3.05) is 33.9 Å². The number of ether oxygens (including phenoxy) is 3. The Balaban J connectivity index is 2.01. The molecule has 3 rings (SSSR count). The standard InChI is InChI=1S/C20H27N3O5/c1-4-28-19(25)16-17(13-8-9-14(26-2)15(12-13)27-3)21-20(22-18(16)24)23-10-6-5-7-11-23/h8-9,12,16-17H,4-7,10-11H2,1-3H3,(H,21,22,24)/t16-,17+/m1/s1. The third-order valence-electron chi connectivity index (χ3n) is 5.04. The van der Waals surface area contributed by atoms with E-state index in [2.05, 4.69) is 10.2 Å². The molecule has 1 aromatic carbocycles. The Hall–Kier alpha value is -2.77. The molecular formula is C20H27N3O5. The first-order chi connectivity index (χ1) is 13.6. The largest absolute Gasteiger partial charge is 0.493 e. The quantitative estimate of drug-likeness (QED) is 0.611. The van der Waals surface area contributed by atoms with Crippen LogP contribution in [0.15, 0.2) is 23.2 Å². The number of amides is 1. The summed E-state index contributed by atoms with van der Waals surface area (Å²) in [5.74, 6) is -0.422. The van der Waals surface area contributed by atoms with Gasteiger partial charge in [-0.05, 0) is 43.9 Å². The molecule has 0 aliphatic carbocycles. The van der Waals surface area contributed by atoms with Crippen molar-refractivity contribution in [2.24, 2.45) is 10.9 Å². The topological polar surface area (TPSA) is 89.5 Å². The summed E-state index contributed by atoms with van der Waals surface area (Å²) in [5.41, 5.74) is 0.695. The van der Waals surface area contributed by atoms with E-state index in [1.54, 1.807) is 39.3 Å². The normalized spacial score (nSPS) is 22.2. The van der Waals surface area contributed by atoms with Crippen molar-refractivity contribution in [3.63, 3.8) is 0 Å². The summed E-state index contributed by atoms with van der Waals surface area (Å²) in [6, 6.07) is 4.61. The summed E-state index contributed by atoms with van der Waals surface area (Å²) in [6.45, 7) is 3.58. The van der Waals surface area contributed by atoms with Crippen LogP contribution in [0.5, 0.6) is 11.5 Å². The molecule has 0 spiro atoms. The number of esters is 1. The fraction of sp³-hybridized carbons (Fsp3) is 0.550. The van der Waals surface area contributed by atoms with E-state index in [9.17, 15) is 9.59 Å². The Bertz CT molecular complexity index is 758. The third-order valence-corrected chi connectivity index (χ3v) is 5.04. The molecule has 2 aliphatic rings. The Kier molecular flexibility index (Phi) is 6.38. The Morgan fingerprint density at radius 1 is 1.18 bits per heavy atom. The zero-order valence-corrected chi connectivity index (χ0v) is 16.6. The maximum absolute atomic E-state index is 12.8. The molecule has 28 heavy (non-hydrogen) atoms. The number of likely N-dealkylation sites (tertiary alicyclic amines) is 1. The average Bonchev–Trinajstić information content (AvgIpc) is 2.73. The van der Waals surface area contributed by atoms with Gasteiger partial charge in [-0.1, -0.05) is 6.07 Å². The van der Waals surface area contributed by atoms with Crippen molar-refractivity contribution in [3.05, 3.63) is 23.8 Å². The number of hydrogen-bond donors (Lipinski definition) is 1. The van der Waals surface area contributed by atoms with Crippen LogP contribution in [-0.4, -0.2) is 56.7 Å². The minimum atomic E-state index is -1.05. The zero-order valence-electron chi connectivity index (χ0n) is 16.6. The van der Waals surface area contributed by atoms with Crippen LogP contribution in [0.1, 0.15) is 37.8 Å². The molecule has 1 saturated heterocycles. The lowest BCUT2D eigenvalue weighted by Gasteiger charge is -2.35. The van der Waals surface area contributed by atoms with Gasteiger partial charge in [0.05, 0.1) is 20.8 Å². The molecule has 8 nitrogen and oxygen atoms in total. The van der Waals surface area contributed by atoms with Gasteiger partial charge >= 0.3 is 5.97 Å². The summed E-state index contributed by atoms with van der Waals surface area (Å²) in [5, 5.41) is 2.81. The van der Waals surface area contributed by atoms with Crippen molar-refractivity contribution in [1.82, 2.24) is 10.2 Å². The lowest BCUT2D eigenvalue weighted by atomic mass is 9.91. The molecule has 0 radical (unpaired) electrons. The molecule has 8 heteroatoms. The smallest absolute Gasteiger partial charge is 0.321 e. The molecule has 0 aromatic heterocycles. The van der Waals surface area contributed by atoms with Gasteiger partial charge in [-0.25, -0.2) is 4.99 Å². The second-order valence-corrected chi connectivity index (χ2v) is 6.78. The molecule has 2 heterocycles. The number of hydrogen-bond acceptors (Lipinski definition) is 7. The van der Waals surface area contributed by atoms with Gasteiger partial charge in [0.25, 0.3) is 0 Å². The van der Waals surface area contributed by atoms with Gasteiger partial charge in [0, 0.05) is 13.1 Å². The van der Waals surface area contributed by atoms with Crippen LogP contribution in [0.2, 0.25) is 0 Å². The highest BCUT2D eigenvalue weighted by molar-refractivity contribution is 6.08. The number of piperidine rings is 1. The first-order valence-corrected chi connectivity index (χ1v) is 9.61. The van der Waals surface area contributed by atoms with Crippen LogP contribution in [0.3, 0.4) is 0 Å². The highest BCUT2D eigenvalue weighted by Gasteiger charge is 2.42. The van der Waals surface area contributed by atoms with Gasteiger partial charge in [0.1, 0.15) is 6.04 Å². The first kappa shape index (κ1) is 20.0. The summed E-state index contributed by atoms with van der Waals surface area (Å²) >= 11 is 0. The number of carbonyl (C=O) groups excluding carboxylic acids is 2. The van der Waals surface area contributed by atoms with E-state index in [0.29, 0.717) is 23.0 Å². The van der Waals surface area contributed by atoms with Gasteiger partial charge in [-0.2, -0.15) is 0 Å². The lowest BCUT2D eigenvalue weighted by Crippen LogP contribution is -2.53. The summed E-state index contributed by atoms with van der Waals surface area (Å²) < 4.78 is 15.8. The molecule has 0 bridgehead atoms. The SMILES string of the molecule is CCOC(=O)[C@H]1C(=O)NC(N2CCCCC2)=N[C@H]1c1ccc(OC)c(OC)c1. The number of nitrogens with zero attached hydrogens (tertiary/aromatic N) is 2. The molecule has 2 atom stereocenters. The van der Waals surface area contributed by atoms with E-state index in [1.807, 2.05) is 0 Å². The van der Waals surface area contributed by atoms with Crippen LogP contribution >= 0.6 is 0 Å². The van der Waals surface area contributed by atoms with Crippen LogP contribution in [0, 0.1) is 5.92 Å². The fourth-order valence-corrected chi connectivity index (χ4v) is 3.61. The van der Waals surface area contributed by atoms with Gasteiger partial charge in [0.15, 0.2) is 17.4 Å². The summed E-state index contributed by atoms with van der Waals surface area (Å²) in [4.78, 5) is 32.2. The highest BCUT2D eigenvalue weighted by atomic mass is 16.5. The molecule has 2 aliphatic heterocycles. The van der Waals surface area contributed by atoms with E-state index in [4.69, 9.17) is 19.2 Å². The van der Waals surface area contributed by atoms with Crippen LogP contribution in [0.25, 0.3) is 0 Å². The molecule has 1 amide bonds. The monoisotopic (exact) mass is 389 g/mol. The molecule has 152 valence electrons. The van der Waals surface area contributed by atoms with E-state index < -0.39 is 23.8 Å². The van der Waals surface area contributed by atoms with Crippen LogP contribution in [-0.2, 0) is 14.3 Å². The van der Waals surface area contributed by atoms with E-state index in [0.717, 1.165) is 25.9 Å². The third kappa shape index (κ3) is 4.05. The summed E-state index contributed by atoms with van der Waals surface area (Å²) in [6.07, 6.45) is 3.27. The van der Waals surface area contributed by atoms with Crippen LogP contribution in [0.4, 0.5) is 0 Å². The number of methoxy groups -OCH3 is 2. The maximum Gasteiger partial charge on any atom is 0.321 e. The van der Waals surface area contributed by atoms with Gasteiger partial charge in [0.2, 0.25) is 11.9 Å². The van der Waals surface area contributed by atoms with Crippen molar-refractivity contribution in [1.29, 1.82) is 0 Å². The minimum Gasteiger partial charge on any atom is -0.493 e. The average molecular weight is 389 g/mol. The summed E-state index contributed by atoms with van der Waals surface area (Å²) in [7, 11) is 3.10.